The summed E-state index contributed by atoms with van der Waals surface area (Å²) >= 11 is 1.17. The minimum absolute atomic E-state index is 0.181. The predicted molar refractivity (Wildman–Crippen MR) is 65.7 cm³/mol. The number of aromatic nitrogens is 1. The average Bonchev–Trinajstić information content (AvgIpc) is 2.65. The van der Waals surface area contributed by atoms with Crippen LogP contribution in [-0.2, 0) is 0 Å². The molecule has 0 radical (unpaired) electrons. The van der Waals surface area contributed by atoms with Crippen LogP contribution in [0.25, 0.3) is 0 Å². The number of amides is 1. The van der Waals surface area contributed by atoms with Gasteiger partial charge in [-0.15, -0.1) is 0 Å². The molecule has 0 spiro atoms. The highest BCUT2D eigenvalue weighted by atomic mass is 32.1. The molecule has 0 aliphatic rings. The Morgan fingerprint density at radius 2 is 2.31 bits per heavy atom. The molecule has 5 heteroatoms. The molecule has 0 fully saturated rings. The maximum atomic E-state index is 11.7. The van der Waals surface area contributed by atoms with Gasteiger partial charge in [-0.05, 0) is 24.6 Å². The Kier molecular flexibility index (Phi) is 2.87. The first-order valence-corrected chi connectivity index (χ1v) is 5.56. The van der Waals surface area contributed by atoms with Crippen molar-refractivity contribution < 1.29 is 4.79 Å². The summed E-state index contributed by atoms with van der Waals surface area (Å²) in [6.45, 7) is 1.97. The first-order chi connectivity index (χ1) is 7.65. The highest BCUT2D eigenvalue weighted by molar-refractivity contribution is 7.17. The quantitative estimate of drug-likeness (QED) is 0.836. The zero-order chi connectivity index (χ0) is 11.5. The third kappa shape index (κ3) is 2.38. The van der Waals surface area contributed by atoms with Crippen LogP contribution in [0.3, 0.4) is 0 Å². The van der Waals surface area contributed by atoms with E-state index in [9.17, 15) is 4.79 Å². The zero-order valence-corrected chi connectivity index (χ0v) is 9.54. The fraction of sp³-hybridized carbons (Fsp3) is 0.0909. The fourth-order valence-electron chi connectivity index (χ4n) is 1.31. The lowest BCUT2D eigenvalue weighted by Crippen LogP contribution is -2.10. The van der Waals surface area contributed by atoms with Crippen LogP contribution in [0.5, 0.6) is 0 Å². The van der Waals surface area contributed by atoms with E-state index in [1.807, 2.05) is 31.2 Å². The van der Waals surface area contributed by atoms with Gasteiger partial charge in [0.25, 0.3) is 5.91 Å². The summed E-state index contributed by atoms with van der Waals surface area (Å²) in [7, 11) is 0. The second-order valence-electron chi connectivity index (χ2n) is 3.39. The summed E-state index contributed by atoms with van der Waals surface area (Å²) in [5, 5.41) is 3.19. The molecule has 1 aromatic heterocycles. The molecule has 1 heterocycles. The molecule has 3 N–H and O–H groups in total. The van der Waals surface area contributed by atoms with Crippen LogP contribution in [0.2, 0.25) is 0 Å². The maximum absolute atomic E-state index is 11.7. The monoisotopic (exact) mass is 233 g/mol. The topological polar surface area (TPSA) is 68.0 Å². The standard InChI is InChI=1S/C11H11N3OS/c1-7-3-2-4-8(5-7)14-10(15)9-6-13-11(12)16-9/h2-6H,1H3,(H2,12,13)(H,14,15). The maximum Gasteiger partial charge on any atom is 0.267 e. The zero-order valence-electron chi connectivity index (χ0n) is 8.73. The van der Waals surface area contributed by atoms with E-state index < -0.39 is 0 Å². The van der Waals surface area contributed by atoms with Crippen LogP contribution < -0.4 is 11.1 Å². The smallest absolute Gasteiger partial charge is 0.267 e. The minimum atomic E-state index is -0.181. The van der Waals surface area contributed by atoms with Crippen LogP contribution in [0.15, 0.2) is 30.5 Å². The van der Waals surface area contributed by atoms with Gasteiger partial charge in [-0.3, -0.25) is 4.79 Å². The second-order valence-corrected chi connectivity index (χ2v) is 4.45. The van der Waals surface area contributed by atoms with Gasteiger partial charge < -0.3 is 11.1 Å². The summed E-state index contributed by atoms with van der Waals surface area (Å²) in [4.78, 5) is 16.1. The molecule has 0 atom stereocenters. The number of hydrogen-bond donors (Lipinski definition) is 2. The molecule has 16 heavy (non-hydrogen) atoms. The Morgan fingerprint density at radius 3 is 2.94 bits per heavy atom. The molecule has 0 aliphatic heterocycles. The summed E-state index contributed by atoms with van der Waals surface area (Å²) in [6, 6.07) is 7.61. The van der Waals surface area contributed by atoms with Crippen molar-refractivity contribution in [1.82, 2.24) is 4.98 Å². The molecule has 0 saturated carbocycles. The van der Waals surface area contributed by atoms with E-state index in [4.69, 9.17) is 5.73 Å². The van der Waals surface area contributed by atoms with Crippen LogP contribution in [0, 0.1) is 6.92 Å². The third-order valence-electron chi connectivity index (χ3n) is 2.02. The third-order valence-corrected chi connectivity index (χ3v) is 2.85. The molecule has 0 unspecified atom stereocenters. The van der Waals surface area contributed by atoms with E-state index >= 15 is 0 Å². The minimum Gasteiger partial charge on any atom is -0.375 e. The Morgan fingerprint density at radius 1 is 1.50 bits per heavy atom. The summed E-state index contributed by atoms with van der Waals surface area (Å²) < 4.78 is 0. The average molecular weight is 233 g/mol. The summed E-state index contributed by atoms with van der Waals surface area (Å²) in [5.41, 5.74) is 7.33. The number of nitrogens with one attached hydrogen (secondary N) is 1. The van der Waals surface area contributed by atoms with Crippen molar-refractivity contribution in [2.75, 3.05) is 11.1 Å². The van der Waals surface area contributed by atoms with Gasteiger partial charge in [-0.1, -0.05) is 23.5 Å². The van der Waals surface area contributed by atoms with E-state index in [-0.39, 0.29) is 5.91 Å². The van der Waals surface area contributed by atoms with Gasteiger partial charge in [-0.2, -0.15) is 0 Å². The van der Waals surface area contributed by atoms with Gasteiger partial charge in [0.2, 0.25) is 0 Å². The van der Waals surface area contributed by atoms with Crippen molar-refractivity contribution in [2.45, 2.75) is 6.92 Å². The van der Waals surface area contributed by atoms with Crippen molar-refractivity contribution in [3.63, 3.8) is 0 Å². The molecule has 0 saturated heterocycles. The Labute approximate surface area is 97.1 Å². The fourth-order valence-corrected chi connectivity index (χ4v) is 1.89. The number of aryl methyl sites for hydroxylation is 1. The number of carbonyl (C=O) groups is 1. The van der Waals surface area contributed by atoms with Crippen molar-refractivity contribution in [3.05, 3.63) is 40.9 Å². The first-order valence-electron chi connectivity index (χ1n) is 4.74. The number of carbonyl (C=O) groups excluding carboxylic acids is 1. The molecule has 82 valence electrons. The van der Waals surface area contributed by atoms with Crippen molar-refractivity contribution in [2.24, 2.45) is 0 Å². The Bertz CT molecular complexity index is 521. The number of hydrogen-bond acceptors (Lipinski definition) is 4. The molecule has 0 aliphatic carbocycles. The number of nitrogens with two attached hydrogens (primary N) is 1. The first kappa shape index (κ1) is 10.6. The summed E-state index contributed by atoms with van der Waals surface area (Å²) in [5.74, 6) is -0.181. The number of benzene rings is 1. The van der Waals surface area contributed by atoms with Gasteiger partial charge in [-0.25, -0.2) is 4.98 Å². The number of nitrogens with zero attached hydrogens (tertiary/aromatic N) is 1. The lowest BCUT2D eigenvalue weighted by atomic mass is 10.2. The number of nitrogen functional groups attached to an aromatic ring is 1. The van der Waals surface area contributed by atoms with Gasteiger partial charge in [0.05, 0.1) is 6.20 Å². The van der Waals surface area contributed by atoms with Crippen molar-refractivity contribution in [1.29, 1.82) is 0 Å². The molecule has 0 bridgehead atoms. The van der Waals surface area contributed by atoms with Gasteiger partial charge >= 0.3 is 0 Å². The van der Waals surface area contributed by atoms with E-state index in [2.05, 4.69) is 10.3 Å². The highest BCUT2D eigenvalue weighted by Crippen LogP contribution is 2.17. The number of rotatable bonds is 2. The van der Waals surface area contributed by atoms with E-state index in [1.54, 1.807) is 0 Å². The van der Waals surface area contributed by atoms with Crippen molar-refractivity contribution in [3.8, 4) is 0 Å². The Balaban J connectivity index is 2.13. The largest absolute Gasteiger partial charge is 0.375 e. The van der Waals surface area contributed by atoms with Gasteiger partial charge in [0.1, 0.15) is 4.88 Å². The second kappa shape index (κ2) is 4.32. The van der Waals surface area contributed by atoms with Crippen LogP contribution in [0.1, 0.15) is 15.2 Å². The van der Waals surface area contributed by atoms with Gasteiger partial charge in [0, 0.05) is 5.69 Å². The SMILES string of the molecule is Cc1cccc(NC(=O)c2cnc(N)s2)c1. The molecular formula is C11H11N3OS. The van der Waals surface area contributed by atoms with Gasteiger partial charge in [0.15, 0.2) is 5.13 Å². The highest BCUT2D eigenvalue weighted by Gasteiger charge is 2.09. The Hall–Kier alpha value is -1.88. The molecule has 2 aromatic rings. The van der Waals surface area contributed by atoms with E-state index in [0.29, 0.717) is 10.0 Å². The predicted octanol–water partition coefficient (Wildman–Crippen LogP) is 2.29. The van der Waals surface area contributed by atoms with Crippen LogP contribution >= 0.6 is 11.3 Å². The number of anilines is 2. The number of thiazole rings is 1. The molecule has 2 rings (SSSR count). The molecule has 1 amide bonds. The normalized spacial score (nSPS) is 10.1. The molecule has 1 aromatic carbocycles. The van der Waals surface area contributed by atoms with Crippen molar-refractivity contribution >= 4 is 28.1 Å². The molecule has 4 nitrogen and oxygen atoms in total. The lowest BCUT2D eigenvalue weighted by molar-refractivity contribution is 0.103. The van der Waals surface area contributed by atoms with E-state index in [1.165, 1.54) is 17.5 Å². The van der Waals surface area contributed by atoms with E-state index in [0.717, 1.165) is 11.3 Å². The van der Waals surface area contributed by atoms with Crippen LogP contribution in [0.4, 0.5) is 10.8 Å². The lowest BCUT2D eigenvalue weighted by Gasteiger charge is -2.03. The van der Waals surface area contributed by atoms with Crippen LogP contribution in [-0.4, -0.2) is 10.9 Å². The summed E-state index contributed by atoms with van der Waals surface area (Å²) in [6.07, 6.45) is 1.48. The molecular weight excluding hydrogens is 222 g/mol.